The Labute approximate surface area is 85.9 Å². The first-order valence-electron chi connectivity index (χ1n) is 4.23. The van der Waals surface area contributed by atoms with Crippen molar-refractivity contribution in [1.29, 1.82) is 0 Å². The van der Waals surface area contributed by atoms with Gasteiger partial charge in [-0.3, -0.25) is 0 Å². The fourth-order valence-electron chi connectivity index (χ4n) is 1.47. The van der Waals surface area contributed by atoms with Crippen LogP contribution in [0.1, 0.15) is 5.56 Å². The lowest BCUT2D eigenvalue weighted by atomic mass is 9.80. The van der Waals surface area contributed by atoms with Crippen LogP contribution in [0.5, 0.6) is 0 Å². The number of hydrogen-bond donors (Lipinski definition) is 3. The van der Waals surface area contributed by atoms with E-state index in [1.54, 1.807) is 11.4 Å². The minimum absolute atomic E-state index is 0.549. The third-order valence-electron chi connectivity index (χ3n) is 2.34. The maximum Gasteiger partial charge on any atom is 0.489 e. The standard InChI is InChI=1S/C9H10BNO2S/c1-5-8(11)3-2-6-7(10(12)13)4-14-9(5)6/h2-4,12-13H,11H2,1H3. The van der Waals surface area contributed by atoms with Crippen molar-refractivity contribution < 1.29 is 10.0 Å². The van der Waals surface area contributed by atoms with Gasteiger partial charge < -0.3 is 15.8 Å². The minimum atomic E-state index is -1.41. The van der Waals surface area contributed by atoms with Gasteiger partial charge in [0.15, 0.2) is 0 Å². The molecule has 2 rings (SSSR count). The largest absolute Gasteiger partial charge is 0.489 e. The van der Waals surface area contributed by atoms with Gasteiger partial charge in [0.25, 0.3) is 0 Å². The first-order valence-corrected chi connectivity index (χ1v) is 5.11. The summed E-state index contributed by atoms with van der Waals surface area (Å²) in [5, 5.41) is 20.8. The molecule has 0 atom stereocenters. The summed E-state index contributed by atoms with van der Waals surface area (Å²) in [7, 11) is -1.41. The van der Waals surface area contributed by atoms with Gasteiger partial charge in [0.1, 0.15) is 0 Å². The smallest absolute Gasteiger partial charge is 0.423 e. The molecule has 0 spiro atoms. The number of anilines is 1. The van der Waals surface area contributed by atoms with Crippen molar-refractivity contribution in [1.82, 2.24) is 0 Å². The number of nitrogens with two attached hydrogens (primary N) is 1. The summed E-state index contributed by atoms with van der Waals surface area (Å²) in [6.07, 6.45) is 0. The average Bonchev–Trinajstić information content (AvgIpc) is 2.55. The molecule has 72 valence electrons. The number of nitrogen functional groups attached to an aromatic ring is 1. The summed E-state index contributed by atoms with van der Waals surface area (Å²) >= 11 is 1.48. The zero-order valence-corrected chi connectivity index (χ0v) is 8.51. The SMILES string of the molecule is Cc1c(N)ccc2c(B(O)O)csc12. The Morgan fingerprint density at radius 3 is 2.71 bits per heavy atom. The molecule has 0 saturated heterocycles. The highest BCUT2D eigenvalue weighted by molar-refractivity contribution is 7.19. The molecule has 5 heteroatoms. The van der Waals surface area contributed by atoms with E-state index in [0.29, 0.717) is 5.46 Å². The van der Waals surface area contributed by atoms with Crippen LogP contribution in [-0.4, -0.2) is 17.2 Å². The fourth-order valence-corrected chi connectivity index (χ4v) is 2.57. The quantitative estimate of drug-likeness (QED) is 0.470. The summed E-state index contributed by atoms with van der Waals surface area (Å²) in [4.78, 5) is 0. The number of hydrogen-bond acceptors (Lipinski definition) is 4. The van der Waals surface area contributed by atoms with Crippen molar-refractivity contribution in [3.63, 3.8) is 0 Å². The summed E-state index contributed by atoms with van der Waals surface area (Å²) in [6.45, 7) is 1.93. The lowest BCUT2D eigenvalue weighted by Gasteiger charge is -2.02. The van der Waals surface area contributed by atoms with Crippen LogP contribution >= 0.6 is 11.3 Å². The zero-order valence-electron chi connectivity index (χ0n) is 7.69. The minimum Gasteiger partial charge on any atom is -0.423 e. The number of rotatable bonds is 1. The van der Waals surface area contributed by atoms with Crippen LogP contribution in [0.25, 0.3) is 10.1 Å². The molecule has 0 saturated carbocycles. The maximum atomic E-state index is 9.10. The molecule has 1 aromatic carbocycles. The van der Waals surface area contributed by atoms with Gasteiger partial charge in [-0.1, -0.05) is 6.07 Å². The zero-order chi connectivity index (χ0) is 10.3. The van der Waals surface area contributed by atoms with Crippen LogP contribution in [-0.2, 0) is 0 Å². The fraction of sp³-hybridized carbons (Fsp3) is 0.111. The molecule has 2 aromatic rings. The maximum absolute atomic E-state index is 9.10. The Morgan fingerprint density at radius 1 is 1.36 bits per heavy atom. The Morgan fingerprint density at radius 2 is 2.07 bits per heavy atom. The van der Waals surface area contributed by atoms with Crippen LogP contribution in [0.4, 0.5) is 5.69 Å². The van der Waals surface area contributed by atoms with Crippen LogP contribution in [0.2, 0.25) is 0 Å². The summed E-state index contributed by atoms with van der Waals surface area (Å²) in [6, 6.07) is 3.61. The topological polar surface area (TPSA) is 66.5 Å². The van der Waals surface area contributed by atoms with E-state index < -0.39 is 7.12 Å². The number of fused-ring (bicyclic) bond motifs is 1. The number of aryl methyl sites for hydroxylation is 1. The van der Waals surface area contributed by atoms with E-state index in [1.807, 2.05) is 13.0 Å². The first kappa shape index (κ1) is 9.52. The van der Waals surface area contributed by atoms with Gasteiger partial charge in [0, 0.05) is 15.9 Å². The van der Waals surface area contributed by atoms with E-state index in [9.17, 15) is 0 Å². The highest BCUT2D eigenvalue weighted by atomic mass is 32.1. The third kappa shape index (κ3) is 1.30. The van der Waals surface area contributed by atoms with Crippen molar-refractivity contribution in [2.45, 2.75) is 6.92 Å². The van der Waals surface area contributed by atoms with Crippen LogP contribution in [0, 0.1) is 6.92 Å². The van der Waals surface area contributed by atoms with Gasteiger partial charge in [-0.25, -0.2) is 0 Å². The highest BCUT2D eigenvalue weighted by Gasteiger charge is 2.17. The first-order chi connectivity index (χ1) is 6.61. The Hall–Kier alpha value is -1.04. The van der Waals surface area contributed by atoms with Crippen LogP contribution in [0.3, 0.4) is 0 Å². The lowest BCUT2D eigenvalue weighted by molar-refractivity contribution is 0.426. The van der Waals surface area contributed by atoms with Gasteiger partial charge >= 0.3 is 7.12 Å². The van der Waals surface area contributed by atoms with E-state index in [-0.39, 0.29) is 0 Å². The van der Waals surface area contributed by atoms with Crippen LogP contribution in [0.15, 0.2) is 17.5 Å². The molecule has 0 aliphatic carbocycles. The van der Waals surface area contributed by atoms with Crippen molar-refractivity contribution in [3.05, 3.63) is 23.1 Å². The lowest BCUT2D eigenvalue weighted by Crippen LogP contribution is -2.28. The number of thiophene rings is 1. The van der Waals surface area contributed by atoms with Crippen molar-refractivity contribution in [2.24, 2.45) is 0 Å². The van der Waals surface area contributed by atoms with Gasteiger partial charge in [-0.15, -0.1) is 11.3 Å². The normalized spacial score (nSPS) is 10.8. The second-order valence-corrected chi connectivity index (χ2v) is 4.10. The van der Waals surface area contributed by atoms with Gasteiger partial charge in [0.2, 0.25) is 0 Å². The molecule has 0 aliphatic heterocycles. The van der Waals surface area contributed by atoms with E-state index in [1.165, 1.54) is 11.3 Å². The molecule has 1 heterocycles. The molecule has 0 unspecified atom stereocenters. The molecular weight excluding hydrogens is 197 g/mol. The van der Waals surface area contributed by atoms with Crippen LogP contribution < -0.4 is 11.2 Å². The van der Waals surface area contributed by atoms with E-state index >= 15 is 0 Å². The monoisotopic (exact) mass is 207 g/mol. The molecule has 0 radical (unpaired) electrons. The second-order valence-electron chi connectivity index (χ2n) is 3.22. The Bertz CT molecular complexity index is 481. The molecule has 0 bridgehead atoms. The van der Waals surface area contributed by atoms with Gasteiger partial charge in [-0.05, 0) is 29.3 Å². The second kappa shape index (κ2) is 3.27. The summed E-state index contributed by atoms with van der Waals surface area (Å²) in [5.74, 6) is 0. The van der Waals surface area contributed by atoms with E-state index in [2.05, 4.69) is 0 Å². The van der Waals surface area contributed by atoms with Crippen molar-refractivity contribution >= 4 is 39.7 Å². The van der Waals surface area contributed by atoms with Gasteiger partial charge in [-0.2, -0.15) is 0 Å². The summed E-state index contributed by atoms with van der Waals surface area (Å²) < 4.78 is 1.02. The van der Waals surface area contributed by atoms with Crippen molar-refractivity contribution in [3.8, 4) is 0 Å². The predicted molar refractivity (Wildman–Crippen MR) is 60.8 cm³/mol. The molecule has 3 nitrogen and oxygen atoms in total. The van der Waals surface area contributed by atoms with E-state index in [4.69, 9.17) is 15.8 Å². The molecule has 4 N–H and O–H groups in total. The Kier molecular flexibility index (Phi) is 2.22. The third-order valence-corrected chi connectivity index (χ3v) is 3.47. The Balaban J connectivity index is 2.77. The molecule has 0 aliphatic rings. The van der Waals surface area contributed by atoms with E-state index in [0.717, 1.165) is 21.3 Å². The summed E-state index contributed by atoms with van der Waals surface area (Å²) in [5.41, 5.74) is 8.04. The number of benzene rings is 1. The molecule has 0 fully saturated rings. The molecule has 14 heavy (non-hydrogen) atoms. The average molecular weight is 207 g/mol. The van der Waals surface area contributed by atoms with Gasteiger partial charge in [0.05, 0.1) is 0 Å². The predicted octanol–water partition coefficient (Wildman–Crippen LogP) is 0.472. The van der Waals surface area contributed by atoms with Crippen molar-refractivity contribution in [2.75, 3.05) is 5.73 Å². The molecule has 0 amide bonds. The molecular formula is C9H10BNO2S. The highest BCUT2D eigenvalue weighted by Crippen LogP contribution is 2.26. The molecule has 1 aromatic heterocycles.